The standard InChI is InChI=1S/C58H90O15S2/c1-30(2)34-22-32(4)43(17-12-31(3)37-13-15-39-35-24-45(72-74(63,64)65)49-51(6,7)57(61)47(59)26-55(49,28-69-57)41(35)18-20-53(37,39)10)71-44(23-34)33(5)38-14-16-40-36-25-46(73-75(66,67)68)50-52(8,9)58(62)48(60)27-56(50,29-70-58)42(36)19-21-54(38,40)11/h31-34,37-40,43-50,59-62H,1,12-29H2,2-11H3,(H,63,64,65)(H,66,67,68)/t31-,32+,33+,34+,37-,38-,39+,40+,43+,44-,45+,46+,47+,48+,49?,50?,53-,54-,55+,56+,57+,58+/m1/s1. The van der Waals surface area contributed by atoms with E-state index < -0.39 is 90.3 Å². The first kappa shape index (κ1) is 55.6. The lowest BCUT2D eigenvalue weighted by molar-refractivity contribution is -0.408. The molecule has 424 valence electrons. The molecule has 8 aliphatic carbocycles. The maximum Gasteiger partial charge on any atom is 0.397 e. The van der Waals surface area contributed by atoms with Gasteiger partial charge in [0, 0.05) is 33.5 Å². The number of hydrogen-bond acceptors (Lipinski definition) is 13. The van der Waals surface area contributed by atoms with Gasteiger partial charge in [-0.3, -0.25) is 9.11 Å². The first-order valence-electron chi connectivity index (χ1n) is 28.8. The van der Waals surface area contributed by atoms with E-state index in [1.165, 1.54) is 27.9 Å². The number of aliphatic hydroxyl groups is 4. The van der Waals surface area contributed by atoms with Gasteiger partial charge in [0.25, 0.3) is 0 Å². The molecule has 13 rings (SSSR count). The molecule has 5 saturated heterocycles. The van der Waals surface area contributed by atoms with Crippen LogP contribution in [0.2, 0.25) is 0 Å². The van der Waals surface area contributed by atoms with Crippen LogP contribution in [-0.4, -0.2) is 108 Å². The Morgan fingerprint density at radius 1 is 0.720 bits per heavy atom. The third kappa shape index (κ3) is 7.95. The van der Waals surface area contributed by atoms with E-state index in [0.29, 0.717) is 42.4 Å². The Morgan fingerprint density at radius 2 is 1.17 bits per heavy atom. The second-order valence-electron chi connectivity index (χ2n) is 28.8. The zero-order valence-corrected chi connectivity index (χ0v) is 48.0. The van der Waals surface area contributed by atoms with Crippen molar-refractivity contribution >= 4 is 20.8 Å². The van der Waals surface area contributed by atoms with E-state index >= 15 is 0 Å². The summed E-state index contributed by atoms with van der Waals surface area (Å²) in [5, 5.41) is 46.5. The van der Waals surface area contributed by atoms with E-state index in [-0.39, 0.29) is 66.8 Å². The monoisotopic (exact) mass is 1090 g/mol. The SMILES string of the molecule is C=C(C)[C@H]1C[C@H](C)[C@H](CC[C@@H](C)[C@H]2CC[C@H]3C4=C(CC[C@]23C)[C@@]23CO[C@@](O)([C@@H](O)C2)C(C)(C)C3[C@@H](OS(=O)(=O)O)C4)O[C@@H]([C@@H](C)[C@H]2CC[C@H]3C4=C(CC[C@]23C)[C@@]23CO[C@@](O)([C@@H](O)C2)C(C)(C)C3[C@@H](OS(=O)(=O)O)C4)C1. The number of aliphatic hydroxyl groups excluding tert-OH is 2. The molecule has 0 aromatic rings. The van der Waals surface area contributed by atoms with Crippen molar-refractivity contribution in [1.29, 1.82) is 0 Å². The van der Waals surface area contributed by atoms with Crippen molar-refractivity contribution in [2.24, 2.45) is 91.7 Å². The van der Waals surface area contributed by atoms with E-state index in [4.69, 9.17) is 22.6 Å². The van der Waals surface area contributed by atoms with Gasteiger partial charge in [0.1, 0.15) is 12.2 Å². The normalized spacial score (nSPS) is 50.5. The van der Waals surface area contributed by atoms with Gasteiger partial charge in [0.15, 0.2) is 11.6 Å². The highest BCUT2D eigenvalue weighted by Gasteiger charge is 2.76. The first-order chi connectivity index (χ1) is 34.7. The van der Waals surface area contributed by atoms with E-state index in [2.05, 4.69) is 48.1 Å². The second-order valence-corrected chi connectivity index (χ2v) is 30.9. The number of fused-ring (bicyclic) bond motifs is 8. The molecule has 6 N–H and O–H groups in total. The topological polar surface area (TPSA) is 236 Å². The third-order valence-corrected chi connectivity index (χ3v) is 25.9. The summed E-state index contributed by atoms with van der Waals surface area (Å²) < 4.78 is 102. The second kappa shape index (κ2) is 17.8. The summed E-state index contributed by atoms with van der Waals surface area (Å²) in [6.45, 7) is 26.3. The molecule has 13 aliphatic rings. The van der Waals surface area contributed by atoms with Crippen LogP contribution < -0.4 is 0 Å². The van der Waals surface area contributed by atoms with Crippen molar-refractivity contribution in [1.82, 2.24) is 0 Å². The molecule has 2 unspecified atom stereocenters. The number of rotatable bonds is 11. The summed E-state index contributed by atoms with van der Waals surface area (Å²) in [6, 6.07) is 0. The van der Waals surface area contributed by atoms with Crippen molar-refractivity contribution in [3.8, 4) is 0 Å². The van der Waals surface area contributed by atoms with Crippen molar-refractivity contribution in [3.05, 3.63) is 34.4 Å². The van der Waals surface area contributed by atoms with Gasteiger partial charge in [-0.15, -0.1) is 0 Å². The Balaban J connectivity index is 0.823. The maximum atomic E-state index is 12.6. The highest BCUT2D eigenvalue weighted by atomic mass is 32.3. The Labute approximate surface area is 447 Å². The van der Waals surface area contributed by atoms with Crippen LogP contribution in [0.3, 0.4) is 0 Å². The summed E-state index contributed by atoms with van der Waals surface area (Å²) in [6.07, 6.45) is 8.34. The van der Waals surface area contributed by atoms with Crippen LogP contribution in [0.25, 0.3) is 0 Å². The molecule has 9 fully saturated rings. The van der Waals surface area contributed by atoms with E-state index in [1.807, 2.05) is 27.7 Å². The largest absolute Gasteiger partial charge is 0.397 e. The molecule has 5 heterocycles. The smallest absolute Gasteiger partial charge is 0.387 e. The fourth-order valence-corrected chi connectivity index (χ4v) is 22.6. The molecule has 0 aromatic heterocycles. The van der Waals surface area contributed by atoms with Gasteiger partial charge in [-0.25, -0.2) is 8.37 Å². The average molecular weight is 1090 g/mol. The molecular weight excluding hydrogens is 1000 g/mol. The predicted octanol–water partition coefficient (Wildman–Crippen LogP) is 9.07. The Kier molecular flexibility index (Phi) is 13.2. The molecule has 22 atom stereocenters. The molecular formula is C58H90O15S2. The summed E-state index contributed by atoms with van der Waals surface area (Å²) in [5.41, 5.74) is 2.29. The fourth-order valence-electron chi connectivity index (χ4n) is 21.6. The zero-order valence-electron chi connectivity index (χ0n) is 46.3. The number of ether oxygens (including phenoxy) is 3. The molecule has 75 heavy (non-hydrogen) atoms. The molecule has 0 aromatic carbocycles. The van der Waals surface area contributed by atoms with Gasteiger partial charge >= 0.3 is 20.8 Å². The van der Waals surface area contributed by atoms with Crippen LogP contribution in [0.1, 0.15) is 172 Å². The maximum absolute atomic E-state index is 12.6. The van der Waals surface area contributed by atoms with E-state index in [9.17, 15) is 46.4 Å². The van der Waals surface area contributed by atoms with Crippen molar-refractivity contribution in [2.45, 2.75) is 220 Å². The number of allylic oxidation sites excluding steroid dienone is 1. The molecule has 17 heteroatoms. The zero-order chi connectivity index (χ0) is 54.4. The van der Waals surface area contributed by atoms with Crippen LogP contribution >= 0.6 is 0 Å². The quantitative estimate of drug-likeness (QED) is 0.0836. The third-order valence-electron chi connectivity index (χ3n) is 24.9. The lowest BCUT2D eigenvalue weighted by atomic mass is 9.42. The molecule has 0 radical (unpaired) electrons. The lowest BCUT2D eigenvalue weighted by Crippen LogP contribution is -2.76. The average Bonchev–Trinajstić information content (AvgIpc) is 3.79. The molecule has 15 nitrogen and oxygen atoms in total. The van der Waals surface area contributed by atoms with E-state index in [1.54, 1.807) is 0 Å². The van der Waals surface area contributed by atoms with Gasteiger partial charge in [-0.2, -0.15) is 16.8 Å². The lowest BCUT2D eigenvalue weighted by Gasteiger charge is -2.69. The van der Waals surface area contributed by atoms with Crippen molar-refractivity contribution < 1.29 is 68.9 Å². The van der Waals surface area contributed by atoms with Gasteiger partial charge in [0.2, 0.25) is 0 Å². The molecule has 5 aliphatic heterocycles. The predicted molar refractivity (Wildman–Crippen MR) is 279 cm³/mol. The van der Waals surface area contributed by atoms with Gasteiger partial charge in [-0.1, -0.05) is 96.8 Å². The van der Waals surface area contributed by atoms with Gasteiger partial charge in [0.05, 0.1) is 37.6 Å². The fraction of sp³-hybridized carbons (Fsp3) is 0.897. The highest BCUT2D eigenvalue weighted by Crippen LogP contribution is 2.74. The van der Waals surface area contributed by atoms with Crippen LogP contribution in [0, 0.1) is 91.7 Å². The first-order valence-corrected chi connectivity index (χ1v) is 31.6. The minimum atomic E-state index is -4.84. The molecule has 4 bridgehead atoms. The molecule has 4 saturated carbocycles. The van der Waals surface area contributed by atoms with Crippen molar-refractivity contribution in [3.63, 3.8) is 0 Å². The molecule has 0 amide bonds. The summed E-state index contributed by atoms with van der Waals surface area (Å²) in [4.78, 5) is 0. The van der Waals surface area contributed by atoms with Crippen LogP contribution in [0.15, 0.2) is 34.4 Å². The van der Waals surface area contributed by atoms with Gasteiger partial charge in [-0.05, 0) is 168 Å². The minimum absolute atomic E-state index is 0.00379. The molecule has 2 spiro atoms. The Morgan fingerprint density at radius 3 is 1.61 bits per heavy atom. The van der Waals surface area contributed by atoms with Crippen LogP contribution in [0.4, 0.5) is 0 Å². The van der Waals surface area contributed by atoms with E-state index in [0.717, 1.165) is 77.0 Å². The summed E-state index contributed by atoms with van der Waals surface area (Å²) in [7, 11) is -9.67. The Bertz CT molecular complexity index is 2630. The van der Waals surface area contributed by atoms with Crippen LogP contribution in [-0.2, 0) is 43.4 Å². The number of hydrogen-bond donors (Lipinski definition) is 6. The summed E-state index contributed by atoms with van der Waals surface area (Å²) >= 11 is 0. The van der Waals surface area contributed by atoms with Crippen molar-refractivity contribution in [2.75, 3.05) is 13.2 Å². The summed E-state index contributed by atoms with van der Waals surface area (Å²) in [5.74, 6) is -2.42. The Hall–Kier alpha value is -1.32. The van der Waals surface area contributed by atoms with Gasteiger partial charge < -0.3 is 34.6 Å². The highest BCUT2D eigenvalue weighted by molar-refractivity contribution is 7.81. The van der Waals surface area contributed by atoms with Crippen LogP contribution in [0.5, 0.6) is 0 Å². The minimum Gasteiger partial charge on any atom is -0.387 e.